The second-order valence-corrected chi connectivity index (χ2v) is 4.82. The summed E-state index contributed by atoms with van der Waals surface area (Å²) in [5, 5.41) is 16.9. The molecule has 0 spiro atoms. The monoisotopic (exact) mass is 345 g/mol. The largest absolute Gasteiger partial charge is 0.510 e. The highest BCUT2D eigenvalue weighted by atomic mass is 35.5. The first-order valence-electron chi connectivity index (χ1n) is 6.05. The minimum absolute atomic E-state index is 0.00222. The number of aliphatic hydroxyl groups is 1. The van der Waals surface area contributed by atoms with Gasteiger partial charge in [-0.25, -0.2) is 4.79 Å². The van der Waals surface area contributed by atoms with Gasteiger partial charge in [-0.05, 0) is 26.0 Å². The first-order valence-corrected chi connectivity index (χ1v) is 6.81. The van der Waals surface area contributed by atoms with Crippen LogP contribution in [-0.4, -0.2) is 23.6 Å². The van der Waals surface area contributed by atoms with Crippen LogP contribution < -0.4 is 5.73 Å². The zero-order chi connectivity index (χ0) is 16.9. The Bertz CT molecular complexity index is 667. The first kappa shape index (κ1) is 17.9. The fourth-order valence-corrected chi connectivity index (χ4v) is 1.88. The predicted molar refractivity (Wildman–Crippen MR) is 81.5 cm³/mol. The van der Waals surface area contributed by atoms with Crippen LogP contribution in [0.1, 0.15) is 24.2 Å². The number of azo groups is 1. The van der Waals surface area contributed by atoms with Crippen LogP contribution in [-0.2, 0) is 9.53 Å². The average molecular weight is 346 g/mol. The topological polar surface area (TPSA) is 114 Å². The number of carbonyl (C=O) groups is 2. The molecule has 0 fully saturated rings. The number of nitrogens with two attached hydrogens (primary N) is 1. The summed E-state index contributed by atoms with van der Waals surface area (Å²) < 4.78 is 4.73. The van der Waals surface area contributed by atoms with Gasteiger partial charge in [0.15, 0.2) is 0 Å². The summed E-state index contributed by atoms with van der Waals surface area (Å²) in [5.41, 5.74) is 4.84. The molecule has 1 aromatic carbocycles. The Balaban J connectivity index is 3.22. The number of benzene rings is 1. The molecular weight excluding hydrogens is 333 g/mol. The summed E-state index contributed by atoms with van der Waals surface area (Å²) in [6.45, 7) is 2.97. The molecule has 3 N–H and O–H groups in total. The number of primary amides is 1. The number of nitrogens with zero attached hydrogens (tertiary/aromatic N) is 2. The number of hydrogen-bond acceptors (Lipinski definition) is 6. The van der Waals surface area contributed by atoms with Gasteiger partial charge in [0.25, 0.3) is 0 Å². The van der Waals surface area contributed by atoms with Gasteiger partial charge in [-0.15, -0.1) is 10.2 Å². The summed E-state index contributed by atoms with van der Waals surface area (Å²) in [7, 11) is 0. The van der Waals surface area contributed by atoms with E-state index in [0.29, 0.717) is 0 Å². The Morgan fingerprint density at radius 3 is 2.45 bits per heavy atom. The fraction of sp³-hybridized carbons (Fsp3) is 0.231. The normalized spacial score (nSPS) is 12.2. The minimum Gasteiger partial charge on any atom is -0.510 e. The van der Waals surface area contributed by atoms with Crippen molar-refractivity contribution in [3.05, 3.63) is 39.2 Å². The van der Waals surface area contributed by atoms with E-state index < -0.39 is 11.9 Å². The number of amides is 1. The maximum atomic E-state index is 11.6. The summed E-state index contributed by atoms with van der Waals surface area (Å²) >= 11 is 11.7. The lowest BCUT2D eigenvalue weighted by atomic mass is 10.2. The third-order valence-electron chi connectivity index (χ3n) is 2.37. The van der Waals surface area contributed by atoms with Crippen LogP contribution in [0.25, 0.3) is 0 Å². The van der Waals surface area contributed by atoms with Crippen LogP contribution >= 0.6 is 23.2 Å². The van der Waals surface area contributed by atoms with Gasteiger partial charge in [-0.2, -0.15) is 0 Å². The quantitative estimate of drug-likeness (QED) is 0.367. The number of allylic oxidation sites excluding steroid dienone is 1. The molecule has 1 rings (SSSR count). The summed E-state index contributed by atoms with van der Waals surface area (Å²) in [6.07, 6.45) is 0. The molecule has 0 aromatic heterocycles. The Labute approximate surface area is 136 Å². The van der Waals surface area contributed by atoms with Gasteiger partial charge in [0.05, 0.1) is 22.2 Å². The van der Waals surface area contributed by atoms with E-state index in [1.54, 1.807) is 6.92 Å². The Morgan fingerprint density at radius 2 is 1.95 bits per heavy atom. The zero-order valence-electron chi connectivity index (χ0n) is 11.8. The SMILES string of the molecule is CCOC(=O)/C(N=Nc1cc(C(N)=O)c(Cl)cc1Cl)=C(\C)O. The van der Waals surface area contributed by atoms with Gasteiger partial charge >= 0.3 is 5.97 Å². The van der Waals surface area contributed by atoms with E-state index in [9.17, 15) is 14.7 Å². The molecule has 0 heterocycles. The second-order valence-electron chi connectivity index (χ2n) is 4.00. The van der Waals surface area contributed by atoms with Crippen molar-refractivity contribution in [1.29, 1.82) is 0 Å². The molecular formula is C13H13Cl2N3O4. The molecule has 0 bridgehead atoms. The van der Waals surface area contributed by atoms with Gasteiger partial charge in [-0.1, -0.05) is 23.2 Å². The van der Waals surface area contributed by atoms with E-state index in [1.165, 1.54) is 19.1 Å². The number of esters is 1. The molecule has 0 saturated heterocycles. The van der Waals surface area contributed by atoms with E-state index in [4.69, 9.17) is 33.7 Å². The van der Waals surface area contributed by atoms with E-state index in [1.807, 2.05) is 0 Å². The van der Waals surface area contributed by atoms with Crippen LogP contribution in [0.2, 0.25) is 10.0 Å². The zero-order valence-corrected chi connectivity index (χ0v) is 13.3. The maximum Gasteiger partial charge on any atom is 0.362 e. The van der Waals surface area contributed by atoms with Crippen molar-refractivity contribution in [3.63, 3.8) is 0 Å². The molecule has 0 aliphatic heterocycles. The van der Waals surface area contributed by atoms with Crippen LogP contribution in [0.3, 0.4) is 0 Å². The van der Waals surface area contributed by atoms with Gasteiger partial charge in [0.1, 0.15) is 11.4 Å². The molecule has 22 heavy (non-hydrogen) atoms. The molecule has 1 amide bonds. The van der Waals surface area contributed by atoms with Crippen LogP contribution in [0, 0.1) is 0 Å². The Morgan fingerprint density at radius 1 is 1.32 bits per heavy atom. The number of carbonyl (C=O) groups excluding carboxylic acids is 2. The molecule has 0 unspecified atom stereocenters. The van der Waals surface area contributed by atoms with Crippen molar-refractivity contribution < 1.29 is 19.4 Å². The van der Waals surface area contributed by atoms with Crippen molar-refractivity contribution in [2.24, 2.45) is 16.0 Å². The van der Waals surface area contributed by atoms with Gasteiger partial charge in [-0.3, -0.25) is 4.79 Å². The van der Waals surface area contributed by atoms with E-state index >= 15 is 0 Å². The smallest absolute Gasteiger partial charge is 0.362 e. The number of rotatable bonds is 5. The average Bonchev–Trinajstić information content (AvgIpc) is 2.40. The Hall–Kier alpha value is -2.12. The molecule has 0 atom stereocenters. The van der Waals surface area contributed by atoms with Gasteiger partial charge in [0, 0.05) is 0 Å². The predicted octanol–water partition coefficient (Wildman–Crippen LogP) is 3.53. The summed E-state index contributed by atoms with van der Waals surface area (Å²) in [4.78, 5) is 22.8. The molecule has 0 radical (unpaired) electrons. The van der Waals surface area contributed by atoms with Crippen LogP contribution in [0.5, 0.6) is 0 Å². The molecule has 1 aromatic rings. The number of halogens is 2. The third kappa shape index (κ3) is 4.44. The molecule has 0 saturated carbocycles. The van der Waals surface area contributed by atoms with Crippen molar-refractivity contribution >= 4 is 40.8 Å². The summed E-state index contributed by atoms with van der Waals surface area (Å²) in [6, 6.07) is 2.50. The Kier molecular flexibility index (Phi) is 6.33. The van der Waals surface area contributed by atoms with Gasteiger partial charge < -0.3 is 15.6 Å². The molecule has 118 valence electrons. The van der Waals surface area contributed by atoms with Crippen molar-refractivity contribution in [2.75, 3.05) is 6.61 Å². The lowest BCUT2D eigenvalue weighted by Gasteiger charge is -2.04. The van der Waals surface area contributed by atoms with Crippen LogP contribution in [0.15, 0.2) is 33.8 Å². The summed E-state index contributed by atoms with van der Waals surface area (Å²) in [5.74, 6) is -1.98. The molecule has 0 aliphatic rings. The van der Waals surface area contributed by atoms with E-state index in [2.05, 4.69) is 10.2 Å². The van der Waals surface area contributed by atoms with Crippen LogP contribution in [0.4, 0.5) is 5.69 Å². The van der Waals surface area contributed by atoms with E-state index in [-0.39, 0.29) is 39.4 Å². The number of hydrogen-bond donors (Lipinski definition) is 2. The number of ether oxygens (including phenoxy) is 1. The highest BCUT2D eigenvalue weighted by Crippen LogP contribution is 2.32. The van der Waals surface area contributed by atoms with Crippen molar-refractivity contribution in [2.45, 2.75) is 13.8 Å². The highest BCUT2D eigenvalue weighted by molar-refractivity contribution is 6.38. The highest BCUT2D eigenvalue weighted by Gasteiger charge is 2.15. The lowest BCUT2D eigenvalue weighted by molar-refractivity contribution is -0.138. The fourth-order valence-electron chi connectivity index (χ4n) is 1.37. The van der Waals surface area contributed by atoms with Crippen molar-refractivity contribution in [3.8, 4) is 0 Å². The second kappa shape index (κ2) is 7.77. The maximum absolute atomic E-state index is 11.6. The van der Waals surface area contributed by atoms with E-state index in [0.717, 1.165) is 0 Å². The minimum atomic E-state index is -0.841. The first-order chi connectivity index (χ1) is 10.3. The van der Waals surface area contributed by atoms with Gasteiger partial charge in [0.2, 0.25) is 11.6 Å². The molecule has 9 heteroatoms. The van der Waals surface area contributed by atoms with Crippen molar-refractivity contribution in [1.82, 2.24) is 0 Å². The standard InChI is InChI=1S/C13H13Cl2N3O4/c1-3-22-13(21)11(6(2)19)18-17-10-4-7(12(16)20)8(14)5-9(10)15/h4-5,19H,3H2,1-2H3,(H2,16,20)/b11-6-,18-17?. The lowest BCUT2D eigenvalue weighted by Crippen LogP contribution is -2.11. The molecule has 7 nitrogen and oxygen atoms in total. The molecule has 0 aliphatic carbocycles. The third-order valence-corrected chi connectivity index (χ3v) is 2.99. The number of aliphatic hydroxyl groups excluding tert-OH is 1.